The van der Waals surface area contributed by atoms with E-state index in [0.29, 0.717) is 36.4 Å². The molecule has 0 bridgehead atoms. The summed E-state index contributed by atoms with van der Waals surface area (Å²) in [4.78, 5) is 63.5. The number of amides is 3. The number of benzene rings is 2. The molecule has 192 valence electrons. The largest absolute Gasteiger partial charge is 0.462 e. The van der Waals surface area contributed by atoms with E-state index < -0.39 is 24.5 Å². The van der Waals surface area contributed by atoms with Gasteiger partial charge >= 0.3 is 11.9 Å². The van der Waals surface area contributed by atoms with E-state index in [2.05, 4.69) is 5.32 Å². The van der Waals surface area contributed by atoms with Gasteiger partial charge in [0.05, 0.1) is 35.3 Å². The van der Waals surface area contributed by atoms with Gasteiger partial charge in [-0.25, -0.2) is 9.59 Å². The Morgan fingerprint density at radius 2 is 1.54 bits per heavy atom. The van der Waals surface area contributed by atoms with Crippen LogP contribution >= 0.6 is 0 Å². The van der Waals surface area contributed by atoms with Gasteiger partial charge in [0.1, 0.15) is 0 Å². The van der Waals surface area contributed by atoms with Crippen LogP contribution in [-0.4, -0.2) is 42.9 Å². The normalized spacial score (nSPS) is 18.4. The van der Waals surface area contributed by atoms with Gasteiger partial charge in [-0.3, -0.25) is 19.3 Å². The molecule has 1 heterocycles. The molecular weight excluding hydrogens is 476 g/mol. The number of carbonyl (C=O) groups excluding carboxylic acids is 5. The van der Waals surface area contributed by atoms with Crippen molar-refractivity contribution in [3.8, 4) is 0 Å². The number of fused-ring (bicyclic) bond motifs is 1. The zero-order chi connectivity index (χ0) is 26.4. The number of hydrogen-bond donors (Lipinski definition) is 1. The standard InChI is InChI=1S/C28H28N2O7/c1-2-3-15-36-27(34)18-11-13-20(14-12-18)29-24(31)17-37-28(35)19-7-6-8-21(16-19)30-25(32)22-9-4-5-10-23(22)26(30)33/h4-8,11-14,16,22-23H,2-3,9-10,15,17H2,1H3,(H,29,31)/t22-,23+. The topological polar surface area (TPSA) is 119 Å². The van der Waals surface area contributed by atoms with Gasteiger partial charge in [-0.2, -0.15) is 0 Å². The lowest BCUT2D eigenvalue weighted by atomic mass is 9.85. The highest BCUT2D eigenvalue weighted by Gasteiger charge is 2.47. The second kappa shape index (κ2) is 11.6. The summed E-state index contributed by atoms with van der Waals surface area (Å²) in [6, 6.07) is 12.2. The van der Waals surface area contributed by atoms with Crippen molar-refractivity contribution in [1.29, 1.82) is 0 Å². The molecule has 2 aliphatic rings. The van der Waals surface area contributed by atoms with E-state index >= 15 is 0 Å². The molecule has 2 aromatic rings. The quantitative estimate of drug-likeness (QED) is 0.238. The first-order valence-corrected chi connectivity index (χ1v) is 12.3. The van der Waals surface area contributed by atoms with Crippen molar-refractivity contribution >= 4 is 41.0 Å². The molecule has 4 rings (SSSR count). The zero-order valence-electron chi connectivity index (χ0n) is 20.5. The molecule has 1 fully saturated rings. The highest BCUT2D eigenvalue weighted by atomic mass is 16.5. The number of allylic oxidation sites excluding steroid dienone is 2. The monoisotopic (exact) mass is 504 g/mol. The predicted molar refractivity (Wildman–Crippen MR) is 135 cm³/mol. The Balaban J connectivity index is 1.31. The van der Waals surface area contributed by atoms with Crippen LogP contribution in [-0.2, 0) is 23.9 Å². The Kier molecular flexibility index (Phi) is 8.12. The third-order valence-corrected chi connectivity index (χ3v) is 6.32. The lowest BCUT2D eigenvalue weighted by Gasteiger charge is -2.15. The number of esters is 2. The van der Waals surface area contributed by atoms with Crippen LogP contribution in [0.25, 0.3) is 0 Å². The Morgan fingerprint density at radius 1 is 0.892 bits per heavy atom. The molecule has 37 heavy (non-hydrogen) atoms. The molecule has 0 spiro atoms. The van der Waals surface area contributed by atoms with Crippen molar-refractivity contribution in [1.82, 2.24) is 0 Å². The highest BCUT2D eigenvalue weighted by molar-refractivity contribution is 6.22. The average Bonchev–Trinajstić information content (AvgIpc) is 3.17. The van der Waals surface area contributed by atoms with Crippen molar-refractivity contribution in [2.45, 2.75) is 32.6 Å². The SMILES string of the molecule is CCCCOC(=O)c1ccc(NC(=O)COC(=O)c2cccc(N3C(=O)[C@H]4CC=CC[C@H]4C3=O)c2)cc1. The van der Waals surface area contributed by atoms with E-state index in [1.165, 1.54) is 24.3 Å². The third-order valence-electron chi connectivity index (χ3n) is 6.32. The maximum absolute atomic E-state index is 12.8. The molecule has 2 atom stereocenters. The number of imide groups is 1. The van der Waals surface area contributed by atoms with Crippen LogP contribution in [0.3, 0.4) is 0 Å². The number of hydrogen-bond acceptors (Lipinski definition) is 7. The average molecular weight is 505 g/mol. The number of ether oxygens (including phenoxy) is 2. The molecule has 0 radical (unpaired) electrons. The van der Waals surface area contributed by atoms with Gasteiger partial charge in [0.15, 0.2) is 6.61 Å². The molecule has 9 heteroatoms. The van der Waals surface area contributed by atoms with Crippen molar-refractivity contribution in [3.63, 3.8) is 0 Å². The summed E-state index contributed by atoms with van der Waals surface area (Å²) >= 11 is 0. The van der Waals surface area contributed by atoms with E-state index in [9.17, 15) is 24.0 Å². The second-order valence-electron chi connectivity index (χ2n) is 8.91. The smallest absolute Gasteiger partial charge is 0.338 e. The lowest BCUT2D eigenvalue weighted by molar-refractivity contribution is -0.122. The van der Waals surface area contributed by atoms with Gasteiger partial charge in [-0.1, -0.05) is 31.6 Å². The van der Waals surface area contributed by atoms with Gasteiger partial charge in [0.25, 0.3) is 5.91 Å². The summed E-state index contributed by atoms with van der Waals surface area (Å²) in [6.07, 6.45) is 6.57. The minimum absolute atomic E-state index is 0.116. The minimum Gasteiger partial charge on any atom is -0.462 e. The van der Waals surface area contributed by atoms with Gasteiger partial charge in [-0.05, 0) is 61.7 Å². The summed E-state index contributed by atoms with van der Waals surface area (Å²) in [5, 5.41) is 2.59. The molecule has 0 aromatic heterocycles. The molecule has 1 aliphatic carbocycles. The first kappa shape index (κ1) is 25.8. The van der Waals surface area contributed by atoms with E-state index in [4.69, 9.17) is 9.47 Å². The fourth-order valence-electron chi connectivity index (χ4n) is 4.32. The van der Waals surface area contributed by atoms with E-state index in [0.717, 1.165) is 17.7 Å². The van der Waals surface area contributed by atoms with E-state index in [1.54, 1.807) is 24.3 Å². The van der Waals surface area contributed by atoms with Gasteiger partial charge < -0.3 is 14.8 Å². The lowest BCUT2D eigenvalue weighted by Crippen LogP contribution is -2.31. The third kappa shape index (κ3) is 5.94. The molecule has 2 aromatic carbocycles. The maximum Gasteiger partial charge on any atom is 0.338 e. The second-order valence-corrected chi connectivity index (χ2v) is 8.91. The Bertz CT molecular complexity index is 1210. The molecule has 0 unspecified atom stereocenters. The zero-order valence-corrected chi connectivity index (χ0v) is 20.5. The minimum atomic E-state index is -0.764. The molecule has 1 N–H and O–H groups in total. The number of rotatable bonds is 9. The fourth-order valence-corrected chi connectivity index (χ4v) is 4.32. The van der Waals surface area contributed by atoms with Crippen LogP contribution in [0.1, 0.15) is 53.3 Å². The number of nitrogens with one attached hydrogen (secondary N) is 1. The Morgan fingerprint density at radius 3 is 2.19 bits per heavy atom. The first-order chi connectivity index (χ1) is 17.9. The van der Waals surface area contributed by atoms with E-state index in [-0.39, 0.29) is 29.2 Å². The van der Waals surface area contributed by atoms with Crippen LogP contribution in [0.5, 0.6) is 0 Å². The molecule has 1 saturated heterocycles. The van der Waals surface area contributed by atoms with Crippen LogP contribution < -0.4 is 10.2 Å². The molecule has 9 nitrogen and oxygen atoms in total. The molecule has 0 saturated carbocycles. The number of unbranched alkanes of at least 4 members (excludes halogenated alkanes) is 1. The molecule has 3 amide bonds. The fraction of sp³-hybridized carbons (Fsp3) is 0.321. The number of anilines is 2. The Hall–Kier alpha value is -4.27. The number of nitrogens with zero attached hydrogens (tertiary/aromatic N) is 1. The van der Waals surface area contributed by atoms with E-state index in [1.807, 2.05) is 19.1 Å². The summed E-state index contributed by atoms with van der Waals surface area (Å²) in [5.41, 5.74) is 1.21. The van der Waals surface area contributed by atoms with Crippen LogP contribution in [0.4, 0.5) is 11.4 Å². The maximum atomic E-state index is 12.8. The predicted octanol–water partition coefficient (Wildman–Crippen LogP) is 3.89. The number of carbonyl (C=O) groups is 5. The molecule has 1 aliphatic heterocycles. The van der Waals surface area contributed by atoms with Gasteiger partial charge in [0.2, 0.25) is 11.8 Å². The van der Waals surface area contributed by atoms with Gasteiger partial charge in [0, 0.05) is 5.69 Å². The Labute approximate surface area is 214 Å². The van der Waals surface area contributed by atoms with Crippen molar-refractivity contribution in [2.24, 2.45) is 11.8 Å². The first-order valence-electron chi connectivity index (χ1n) is 12.3. The summed E-state index contributed by atoms with van der Waals surface area (Å²) < 4.78 is 10.3. The van der Waals surface area contributed by atoms with Crippen molar-refractivity contribution in [2.75, 3.05) is 23.4 Å². The van der Waals surface area contributed by atoms with Crippen molar-refractivity contribution < 1.29 is 33.4 Å². The van der Waals surface area contributed by atoms with Crippen LogP contribution in [0.15, 0.2) is 60.7 Å². The molecular formula is C28H28N2O7. The summed E-state index contributed by atoms with van der Waals surface area (Å²) in [7, 11) is 0. The van der Waals surface area contributed by atoms with Crippen LogP contribution in [0.2, 0.25) is 0 Å². The highest BCUT2D eigenvalue weighted by Crippen LogP contribution is 2.37. The van der Waals surface area contributed by atoms with Gasteiger partial charge in [-0.15, -0.1) is 0 Å². The van der Waals surface area contributed by atoms with Crippen molar-refractivity contribution in [3.05, 3.63) is 71.8 Å². The van der Waals surface area contributed by atoms with Crippen LogP contribution in [0, 0.1) is 11.8 Å². The summed E-state index contributed by atoms with van der Waals surface area (Å²) in [5.74, 6) is -3.07. The summed E-state index contributed by atoms with van der Waals surface area (Å²) in [6.45, 7) is 1.81.